The Kier molecular flexibility index (Phi) is 11.7. The number of aromatic nitrogens is 1. The Hall–Kier alpha value is -4.48. The number of amides is 4. The Labute approximate surface area is 258 Å². The first-order valence-corrected chi connectivity index (χ1v) is 14.9. The van der Waals surface area contributed by atoms with Crippen molar-refractivity contribution in [2.24, 2.45) is 0 Å². The number of carbonyl (C=O) groups is 3. The second-order valence-corrected chi connectivity index (χ2v) is 11.6. The summed E-state index contributed by atoms with van der Waals surface area (Å²) in [6, 6.07) is 19.4. The van der Waals surface area contributed by atoms with Crippen molar-refractivity contribution in [1.29, 1.82) is 0 Å². The van der Waals surface area contributed by atoms with E-state index in [0.29, 0.717) is 24.5 Å². The van der Waals surface area contributed by atoms with E-state index in [0.717, 1.165) is 56.9 Å². The number of anilines is 3. The molecule has 1 aromatic heterocycles. The van der Waals surface area contributed by atoms with Crippen LogP contribution in [0.25, 0.3) is 0 Å². The Balaban J connectivity index is 1.37. The summed E-state index contributed by atoms with van der Waals surface area (Å²) in [4.78, 5) is 47.1. The van der Waals surface area contributed by atoms with Crippen molar-refractivity contribution < 1.29 is 23.9 Å². The zero-order valence-corrected chi connectivity index (χ0v) is 25.7. The van der Waals surface area contributed by atoms with Gasteiger partial charge in [0.25, 0.3) is 5.91 Å². The molecular weight excluding hydrogens is 560 g/mol. The van der Waals surface area contributed by atoms with E-state index in [2.05, 4.69) is 25.8 Å². The maximum absolute atomic E-state index is 13.2. The molecule has 4 rings (SSSR count). The fraction of sp³-hybridized carbons (Fsp3) is 0.394. The lowest BCUT2D eigenvalue weighted by Crippen LogP contribution is -2.38. The van der Waals surface area contributed by atoms with E-state index in [1.165, 1.54) is 0 Å². The molecular formula is C33H42N6O5. The Bertz CT molecular complexity index is 1370. The van der Waals surface area contributed by atoms with Gasteiger partial charge < -0.3 is 25.0 Å². The monoisotopic (exact) mass is 602 g/mol. The summed E-state index contributed by atoms with van der Waals surface area (Å²) in [5, 5.41) is 8.46. The van der Waals surface area contributed by atoms with E-state index in [1.807, 2.05) is 30.3 Å². The van der Waals surface area contributed by atoms with E-state index in [1.54, 1.807) is 68.3 Å². The number of urea groups is 1. The molecule has 1 aliphatic rings. The summed E-state index contributed by atoms with van der Waals surface area (Å²) < 4.78 is 10.8. The number of pyridine rings is 1. The van der Waals surface area contributed by atoms with Gasteiger partial charge in [0, 0.05) is 38.1 Å². The molecule has 0 unspecified atom stereocenters. The van der Waals surface area contributed by atoms with Gasteiger partial charge in [0.05, 0.1) is 24.6 Å². The van der Waals surface area contributed by atoms with Gasteiger partial charge in [-0.15, -0.1) is 0 Å². The smallest absolute Gasteiger partial charge is 0.412 e. The molecule has 2 heterocycles. The lowest BCUT2D eigenvalue weighted by Gasteiger charge is -2.27. The predicted octanol–water partition coefficient (Wildman–Crippen LogP) is 5.83. The molecule has 1 fully saturated rings. The first kappa shape index (κ1) is 32.4. The molecule has 11 heteroatoms. The Morgan fingerprint density at radius 2 is 1.57 bits per heavy atom. The number of ether oxygens (including phenoxy) is 2. The molecule has 0 atom stereocenters. The quantitative estimate of drug-likeness (QED) is 0.236. The molecule has 3 aromatic rings. The zero-order chi connectivity index (χ0) is 31.4. The van der Waals surface area contributed by atoms with Gasteiger partial charge in [-0.05, 0) is 76.1 Å². The van der Waals surface area contributed by atoms with Crippen LogP contribution in [0.5, 0.6) is 0 Å². The van der Waals surface area contributed by atoms with Crippen molar-refractivity contribution in [3.8, 4) is 0 Å². The Morgan fingerprint density at radius 3 is 2.23 bits per heavy atom. The van der Waals surface area contributed by atoms with Crippen molar-refractivity contribution in [3.63, 3.8) is 0 Å². The van der Waals surface area contributed by atoms with Crippen molar-refractivity contribution in [1.82, 2.24) is 14.8 Å². The van der Waals surface area contributed by atoms with Gasteiger partial charge in [0.15, 0.2) is 0 Å². The fourth-order valence-electron chi connectivity index (χ4n) is 4.61. The number of nitrogens with one attached hydrogen (secondary N) is 3. The molecule has 234 valence electrons. The molecule has 0 saturated carbocycles. The predicted molar refractivity (Wildman–Crippen MR) is 171 cm³/mol. The molecule has 4 amide bonds. The number of carbonyl (C=O) groups excluding carboxylic acids is 3. The number of unbranched alkanes of at least 4 members (excludes halogenated alkanes) is 1. The number of morpholine rings is 1. The molecule has 0 bridgehead atoms. The van der Waals surface area contributed by atoms with E-state index < -0.39 is 17.6 Å². The average molecular weight is 603 g/mol. The minimum atomic E-state index is -0.658. The van der Waals surface area contributed by atoms with E-state index >= 15 is 0 Å². The number of benzene rings is 2. The van der Waals surface area contributed by atoms with E-state index in [9.17, 15) is 14.4 Å². The third kappa shape index (κ3) is 10.7. The SMILES string of the molecule is CC(C)(C)OC(=O)Nc1ccccc1NC(=O)c1ccc(CN(CCCCN2CCOCC2)C(=O)Nc2ccccc2)cn1. The summed E-state index contributed by atoms with van der Waals surface area (Å²) in [5.74, 6) is -0.434. The van der Waals surface area contributed by atoms with Crippen LogP contribution in [0.4, 0.5) is 26.7 Å². The molecule has 0 spiro atoms. The number of hydrogen-bond acceptors (Lipinski definition) is 7. The summed E-state index contributed by atoms with van der Waals surface area (Å²) in [6.07, 6.45) is 2.81. The number of rotatable bonds is 11. The van der Waals surface area contributed by atoms with Gasteiger partial charge in [-0.2, -0.15) is 0 Å². The fourth-order valence-corrected chi connectivity index (χ4v) is 4.61. The zero-order valence-electron chi connectivity index (χ0n) is 25.7. The lowest BCUT2D eigenvalue weighted by atomic mass is 10.2. The molecule has 3 N–H and O–H groups in total. The molecule has 44 heavy (non-hydrogen) atoms. The van der Waals surface area contributed by atoms with Crippen LogP contribution in [0.3, 0.4) is 0 Å². The standard InChI is InChI=1S/C33H42N6O5/c1-33(2,3)44-32(42)37-28-14-8-7-13-27(28)36-30(40)29-16-15-25(23-34-29)24-39(31(41)35-26-11-5-4-6-12-26)18-10-9-17-38-19-21-43-22-20-38/h4-8,11-16,23H,9-10,17-22,24H2,1-3H3,(H,35,41)(H,36,40)(H,37,42). The van der Waals surface area contributed by atoms with Crippen molar-refractivity contribution >= 4 is 35.1 Å². The van der Waals surface area contributed by atoms with Crippen LogP contribution in [0.1, 0.15) is 49.7 Å². The van der Waals surface area contributed by atoms with Gasteiger partial charge >= 0.3 is 12.1 Å². The highest BCUT2D eigenvalue weighted by Gasteiger charge is 2.19. The highest BCUT2D eigenvalue weighted by atomic mass is 16.6. The molecule has 2 aromatic carbocycles. The largest absolute Gasteiger partial charge is 0.444 e. The van der Waals surface area contributed by atoms with Crippen LogP contribution in [0.15, 0.2) is 72.9 Å². The second kappa shape index (κ2) is 15.8. The first-order chi connectivity index (χ1) is 21.2. The van der Waals surface area contributed by atoms with Crippen molar-refractivity contribution in [3.05, 3.63) is 84.2 Å². The minimum Gasteiger partial charge on any atom is -0.444 e. The number of nitrogens with zero attached hydrogens (tertiary/aromatic N) is 3. The molecule has 11 nitrogen and oxygen atoms in total. The third-order valence-corrected chi connectivity index (χ3v) is 6.81. The summed E-state index contributed by atoms with van der Waals surface area (Å²) >= 11 is 0. The molecule has 1 saturated heterocycles. The van der Waals surface area contributed by atoms with Gasteiger partial charge in [-0.3, -0.25) is 20.0 Å². The van der Waals surface area contributed by atoms with Gasteiger partial charge in [0.1, 0.15) is 11.3 Å². The maximum Gasteiger partial charge on any atom is 0.412 e. The minimum absolute atomic E-state index is 0.196. The molecule has 0 radical (unpaired) electrons. The number of hydrogen-bond donors (Lipinski definition) is 3. The summed E-state index contributed by atoms with van der Waals surface area (Å²) in [7, 11) is 0. The third-order valence-electron chi connectivity index (χ3n) is 6.81. The van der Waals surface area contributed by atoms with Crippen LogP contribution >= 0.6 is 0 Å². The van der Waals surface area contributed by atoms with Gasteiger partial charge in [-0.1, -0.05) is 36.4 Å². The van der Waals surface area contributed by atoms with Crippen LogP contribution in [-0.4, -0.2) is 77.8 Å². The van der Waals surface area contributed by atoms with Gasteiger partial charge in [-0.25, -0.2) is 9.59 Å². The van der Waals surface area contributed by atoms with Crippen molar-refractivity contribution in [2.45, 2.75) is 45.8 Å². The van der Waals surface area contributed by atoms with Gasteiger partial charge in [0.2, 0.25) is 0 Å². The highest BCUT2D eigenvalue weighted by Crippen LogP contribution is 2.23. The topological polar surface area (TPSA) is 125 Å². The molecule has 0 aliphatic carbocycles. The maximum atomic E-state index is 13.2. The normalized spacial score (nSPS) is 13.5. The second-order valence-electron chi connectivity index (χ2n) is 11.6. The van der Waals surface area contributed by atoms with Crippen LogP contribution in [-0.2, 0) is 16.0 Å². The average Bonchev–Trinajstić information content (AvgIpc) is 3.00. The number of para-hydroxylation sites is 3. The van der Waals surface area contributed by atoms with Crippen LogP contribution in [0, 0.1) is 0 Å². The first-order valence-electron chi connectivity index (χ1n) is 14.9. The van der Waals surface area contributed by atoms with E-state index in [-0.39, 0.29) is 11.7 Å². The summed E-state index contributed by atoms with van der Waals surface area (Å²) in [6.45, 7) is 10.6. The van der Waals surface area contributed by atoms with Crippen molar-refractivity contribution in [2.75, 3.05) is 55.3 Å². The van der Waals surface area contributed by atoms with Crippen LogP contribution in [0.2, 0.25) is 0 Å². The lowest BCUT2D eigenvalue weighted by molar-refractivity contribution is 0.0370. The Morgan fingerprint density at radius 1 is 0.886 bits per heavy atom. The van der Waals surface area contributed by atoms with E-state index in [4.69, 9.17) is 9.47 Å². The highest BCUT2D eigenvalue weighted by molar-refractivity contribution is 6.05. The summed E-state index contributed by atoms with van der Waals surface area (Å²) in [5.41, 5.74) is 1.88. The molecule has 1 aliphatic heterocycles. The van der Waals surface area contributed by atoms with Crippen LogP contribution < -0.4 is 16.0 Å².